The molecule has 6 heteroatoms. The summed E-state index contributed by atoms with van der Waals surface area (Å²) in [5.41, 5.74) is 0. The van der Waals surface area contributed by atoms with Gasteiger partial charge in [-0.3, -0.25) is 4.79 Å². The number of rotatable bonds is 6. The Morgan fingerprint density at radius 2 is 2.06 bits per heavy atom. The summed E-state index contributed by atoms with van der Waals surface area (Å²) in [4.78, 5) is 21.8. The fourth-order valence-corrected chi connectivity index (χ4v) is 2.16. The van der Waals surface area contributed by atoms with Gasteiger partial charge in [0, 0.05) is 13.7 Å². The summed E-state index contributed by atoms with van der Waals surface area (Å²) >= 11 is 0. The van der Waals surface area contributed by atoms with Gasteiger partial charge in [-0.15, -0.1) is 0 Å². The zero-order valence-corrected chi connectivity index (χ0v) is 10.5. The minimum Gasteiger partial charge on any atom is -0.367 e. The standard InChI is InChI=1S/C12H19F2NO3/c1-18-10(8-16)12(13,14)11(17)15-7-9-5-3-2-4-6-9/h8-10H,2-7H2,1H3,(H,15,17). The molecule has 0 radical (unpaired) electrons. The van der Waals surface area contributed by atoms with E-state index in [1.807, 2.05) is 0 Å². The number of ether oxygens (including phenoxy) is 1. The van der Waals surface area contributed by atoms with Crippen LogP contribution in [0.15, 0.2) is 0 Å². The van der Waals surface area contributed by atoms with Crippen molar-refractivity contribution in [2.24, 2.45) is 5.92 Å². The molecule has 0 aromatic rings. The first-order valence-electron chi connectivity index (χ1n) is 6.16. The Morgan fingerprint density at radius 3 is 2.56 bits per heavy atom. The van der Waals surface area contributed by atoms with Gasteiger partial charge < -0.3 is 14.8 Å². The fraction of sp³-hybridized carbons (Fsp3) is 0.833. The van der Waals surface area contributed by atoms with E-state index in [0.717, 1.165) is 39.2 Å². The van der Waals surface area contributed by atoms with Crippen LogP contribution < -0.4 is 5.32 Å². The molecule has 104 valence electrons. The lowest BCUT2D eigenvalue weighted by atomic mass is 9.89. The van der Waals surface area contributed by atoms with Gasteiger partial charge in [0.15, 0.2) is 12.4 Å². The molecule has 1 amide bonds. The van der Waals surface area contributed by atoms with Gasteiger partial charge in [-0.1, -0.05) is 19.3 Å². The molecule has 0 aliphatic heterocycles. The van der Waals surface area contributed by atoms with Crippen LogP contribution in [0.25, 0.3) is 0 Å². The number of amides is 1. The third-order valence-corrected chi connectivity index (χ3v) is 3.31. The molecule has 0 aromatic carbocycles. The Kier molecular flexibility index (Phi) is 5.65. The number of carbonyl (C=O) groups is 2. The third-order valence-electron chi connectivity index (χ3n) is 3.31. The lowest BCUT2D eigenvalue weighted by Gasteiger charge is -2.24. The van der Waals surface area contributed by atoms with Crippen LogP contribution in [0.1, 0.15) is 32.1 Å². The third kappa shape index (κ3) is 3.73. The number of aldehydes is 1. The predicted octanol–water partition coefficient (Wildman–Crippen LogP) is 1.53. The summed E-state index contributed by atoms with van der Waals surface area (Å²) < 4.78 is 31.2. The van der Waals surface area contributed by atoms with Gasteiger partial charge in [0.05, 0.1) is 0 Å². The molecule has 0 saturated heterocycles. The van der Waals surface area contributed by atoms with Gasteiger partial charge in [0.25, 0.3) is 5.91 Å². The van der Waals surface area contributed by atoms with Crippen LogP contribution in [-0.4, -0.2) is 37.9 Å². The van der Waals surface area contributed by atoms with Crippen LogP contribution in [0.4, 0.5) is 8.78 Å². The van der Waals surface area contributed by atoms with Gasteiger partial charge in [0.1, 0.15) is 0 Å². The van der Waals surface area contributed by atoms with E-state index in [0.29, 0.717) is 0 Å². The molecular formula is C12H19F2NO3. The van der Waals surface area contributed by atoms with Crippen LogP contribution in [0.2, 0.25) is 0 Å². The molecule has 4 nitrogen and oxygen atoms in total. The first-order chi connectivity index (χ1) is 8.52. The number of halogens is 2. The summed E-state index contributed by atoms with van der Waals surface area (Å²) in [6.07, 6.45) is 3.14. The molecular weight excluding hydrogens is 244 g/mol. The van der Waals surface area contributed by atoms with Crippen LogP contribution in [0.3, 0.4) is 0 Å². The molecule has 1 aliphatic carbocycles. The van der Waals surface area contributed by atoms with Crippen molar-refractivity contribution in [3.63, 3.8) is 0 Å². The van der Waals surface area contributed by atoms with E-state index in [9.17, 15) is 18.4 Å². The van der Waals surface area contributed by atoms with Crippen molar-refractivity contribution in [2.45, 2.75) is 44.1 Å². The van der Waals surface area contributed by atoms with Crippen molar-refractivity contribution in [2.75, 3.05) is 13.7 Å². The molecule has 0 heterocycles. The highest BCUT2D eigenvalue weighted by molar-refractivity contribution is 5.87. The van der Waals surface area contributed by atoms with Gasteiger partial charge in [-0.2, -0.15) is 8.78 Å². The quantitative estimate of drug-likeness (QED) is 0.739. The maximum absolute atomic E-state index is 13.5. The van der Waals surface area contributed by atoms with E-state index in [4.69, 9.17) is 0 Å². The lowest BCUT2D eigenvalue weighted by Crippen LogP contribution is -2.50. The Morgan fingerprint density at radius 1 is 1.44 bits per heavy atom. The SMILES string of the molecule is COC(C=O)C(F)(F)C(=O)NCC1CCCCC1. The van der Waals surface area contributed by atoms with E-state index in [1.165, 1.54) is 0 Å². The maximum atomic E-state index is 13.5. The van der Waals surface area contributed by atoms with Gasteiger partial charge in [-0.25, -0.2) is 0 Å². The molecule has 1 rings (SSSR count). The topological polar surface area (TPSA) is 55.4 Å². The maximum Gasteiger partial charge on any atom is 0.356 e. The van der Waals surface area contributed by atoms with Crippen LogP contribution >= 0.6 is 0 Å². The molecule has 18 heavy (non-hydrogen) atoms. The molecule has 1 atom stereocenters. The normalized spacial score (nSPS) is 19.3. The molecule has 0 spiro atoms. The Hall–Kier alpha value is -1.04. The van der Waals surface area contributed by atoms with E-state index < -0.39 is 17.9 Å². The number of alkyl halides is 2. The Balaban J connectivity index is 2.45. The van der Waals surface area contributed by atoms with Crippen LogP contribution in [-0.2, 0) is 14.3 Å². The van der Waals surface area contributed by atoms with E-state index >= 15 is 0 Å². The summed E-state index contributed by atoms with van der Waals surface area (Å²) in [6.45, 7) is 0.240. The molecule has 1 saturated carbocycles. The zero-order chi connectivity index (χ0) is 13.6. The first-order valence-corrected chi connectivity index (χ1v) is 6.16. The number of methoxy groups -OCH3 is 1. The molecule has 1 aliphatic rings. The molecule has 0 bridgehead atoms. The highest BCUT2D eigenvalue weighted by atomic mass is 19.3. The van der Waals surface area contributed by atoms with Crippen molar-refractivity contribution < 1.29 is 23.1 Å². The van der Waals surface area contributed by atoms with E-state index in [-0.39, 0.29) is 18.7 Å². The highest BCUT2D eigenvalue weighted by Crippen LogP contribution is 2.24. The Bertz CT molecular complexity index is 291. The van der Waals surface area contributed by atoms with Crippen molar-refractivity contribution in [3.05, 3.63) is 0 Å². The van der Waals surface area contributed by atoms with Crippen molar-refractivity contribution in [1.29, 1.82) is 0 Å². The summed E-state index contributed by atoms with van der Waals surface area (Å²) in [5.74, 6) is -4.99. The highest BCUT2D eigenvalue weighted by Gasteiger charge is 2.47. The van der Waals surface area contributed by atoms with Gasteiger partial charge in [-0.05, 0) is 18.8 Å². The lowest BCUT2D eigenvalue weighted by molar-refractivity contribution is -0.169. The monoisotopic (exact) mass is 263 g/mol. The van der Waals surface area contributed by atoms with Crippen molar-refractivity contribution >= 4 is 12.2 Å². The number of carbonyl (C=O) groups excluding carboxylic acids is 2. The minimum absolute atomic E-state index is 0.0554. The molecule has 1 N–H and O–H groups in total. The van der Waals surface area contributed by atoms with Crippen molar-refractivity contribution in [1.82, 2.24) is 5.32 Å². The van der Waals surface area contributed by atoms with Crippen molar-refractivity contribution in [3.8, 4) is 0 Å². The second-order valence-corrected chi connectivity index (χ2v) is 4.63. The minimum atomic E-state index is -3.81. The average Bonchev–Trinajstić information content (AvgIpc) is 2.38. The second kappa shape index (κ2) is 6.78. The predicted molar refractivity (Wildman–Crippen MR) is 61.4 cm³/mol. The summed E-state index contributed by atoms with van der Waals surface area (Å²) in [5, 5.41) is 2.21. The van der Waals surface area contributed by atoms with E-state index in [2.05, 4.69) is 10.1 Å². The average molecular weight is 263 g/mol. The molecule has 1 unspecified atom stereocenters. The fourth-order valence-electron chi connectivity index (χ4n) is 2.16. The smallest absolute Gasteiger partial charge is 0.356 e. The summed E-state index contributed by atoms with van der Waals surface area (Å²) in [6, 6.07) is 0. The number of hydrogen-bond donors (Lipinski definition) is 1. The molecule has 0 aromatic heterocycles. The Labute approximate surface area is 105 Å². The van der Waals surface area contributed by atoms with Crippen LogP contribution in [0, 0.1) is 5.92 Å². The molecule has 1 fully saturated rings. The van der Waals surface area contributed by atoms with Crippen LogP contribution in [0.5, 0.6) is 0 Å². The number of hydrogen-bond acceptors (Lipinski definition) is 3. The van der Waals surface area contributed by atoms with E-state index in [1.54, 1.807) is 0 Å². The summed E-state index contributed by atoms with van der Waals surface area (Å²) in [7, 11) is 0.974. The largest absolute Gasteiger partial charge is 0.367 e. The zero-order valence-electron chi connectivity index (χ0n) is 10.5. The first kappa shape index (κ1) is 15.0. The second-order valence-electron chi connectivity index (χ2n) is 4.63. The van der Waals surface area contributed by atoms with Gasteiger partial charge >= 0.3 is 5.92 Å². The van der Waals surface area contributed by atoms with Gasteiger partial charge in [0.2, 0.25) is 0 Å². The number of nitrogens with one attached hydrogen (secondary N) is 1.